The Bertz CT molecular complexity index is 376. The summed E-state index contributed by atoms with van der Waals surface area (Å²) < 4.78 is 1.76. The molecule has 0 radical (unpaired) electrons. The highest BCUT2D eigenvalue weighted by Crippen LogP contribution is 2.41. The molecule has 0 atom stereocenters. The molecule has 0 amide bonds. The minimum Gasteiger partial charge on any atom is -0.329 e. The lowest BCUT2D eigenvalue weighted by Gasteiger charge is -2.39. The number of nitrogens with two attached hydrogens (primary N) is 1. The van der Waals surface area contributed by atoms with Crippen molar-refractivity contribution in [3.8, 4) is 0 Å². The van der Waals surface area contributed by atoms with E-state index < -0.39 is 0 Å². The molecule has 1 aromatic heterocycles. The molecule has 1 fully saturated rings. The van der Waals surface area contributed by atoms with Crippen molar-refractivity contribution in [2.24, 2.45) is 11.1 Å². The van der Waals surface area contributed by atoms with Crippen molar-refractivity contribution in [1.82, 2.24) is 14.8 Å². The van der Waals surface area contributed by atoms with Crippen LogP contribution in [0.25, 0.3) is 0 Å². The van der Waals surface area contributed by atoms with Crippen molar-refractivity contribution in [1.29, 1.82) is 0 Å². The predicted octanol–water partition coefficient (Wildman–Crippen LogP) is 0.539. The average Bonchev–Trinajstić information content (AvgIpc) is 2.64. The van der Waals surface area contributed by atoms with Crippen molar-refractivity contribution in [3.63, 3.8) is 0 Å². The number of aromatic nitrogens is 3. The van der Waals surface area contributed by atoms with Gasteiger partial charge in [0.25, 0.3) is 0 Å². The molecule has 5 heteroatoms. The van der Waals surface area contributed by atoms with Gasteiger partial charge in [-0.25, -0.2) is 9.67 Å². The van der Waals surface area contributed by atoms with Crippen LogP contribution in [-0.4, -0.2) is 27.1 Å². The quantitative estimate of drug-likeness (QED) is 0.789. The Labute approximate surface area is 95.0 Å². The molecule has 5 nitrogen and oxygen atoms in total. The molecule has 0 aromatic carbocycles. The minimum absolute atomic E-state index is 0.226. The molecule has 1 aliphatic rings. The first-order valence-corrected chi connectivity index (χ1v) is 5.82. The molecular weight excluding hydrogens is 204 g/mol. The van der Waals surface area contributed by atoms with Crippen molar-refractivity contribution in [3.05, 3.63) is 12.2 Å². The fraction of sp³-hybridized carbons (Fsp3) is 0.727. The van der Waals surface area contributed by atoms with E-state index in [1.54, 1.807) is 4.68 Å². The Kier molecular flexibility index (Phi) is 3.05. The van der Waals surface area contributed by atoms with E-state index in [0.29, 0.717) is 13.0 Å². The Balaban J connectivity index is 2.07. The summed E-state index contributed by atoms with van der Waals surface area (Å²) in [5, 5.41) is 4.06. The number of nitrogens with zero attached hydrogens (tertiary/aromatic N) is 3. The number of aryl methyl sites for hydroxylation is 1. The normalized spacial score (nSPS) is 18.1. The van der Waals surface area contributed by atoms with Crippen LogP contribution < -0.4 is 5.73 Å². The summed E-state index contributed by atoms with van der Waals surface area (Å²) in [4.78, 5) is 16.3. The maximum absolute atomic E-state index is 12.2. The second-order valence-electron chi connectivity index (χ2n) is 4.43. The maximum Gasteiger partial charge on any atom is 0.147 e. The fourth-order valence-corrected chi connectivity index (χ4v) is 2.22. The first-order valence-electron chi connectivity index (χ1n) is 5.82. The molecule has 1 aliphatic carbocycles. The summed E-state index contributed by atoms with van der Waals surface area (Å²) in [5.41, 5.74) is 5.45. The van der Waals surface area contributed by atoms with Gasteiger partial charge in [0.05, 0.1) is 6.42 Å². The Morgan fingerprint density at radius 2 is 2.38 bits per heavy atom. The summed E-state index contributed by atoms with van der Waals surface area (Å²) in [5.74, 6) is 0.983. The van der Waals surface area contributed by atoms with Crippen LogP contribution in [0.5, 0.6) is 0 Å². The van der Waals surface area contributed by atoms with E-state index in [0.717, 1.165) is 31.6 Å². The zero-order valence-corrected chi connectivity index (χ0v) is 9.65. The van der Waals surface area contributed by atoms with Crippen LogP contribution in [0.4, 0.5) is 0 Å². The van der Waals surface area contributed by atoms with Gasteiger partial charge in [-0.2, -0.15) is 5.10 Å². The molecule has 1 aromatic rings. The second kappa shape index (κ2) is 4.33. The molecule has 0 bridgehead atoms. The van der Waals surface area contributed by atoms with Crippen molar-refractivity contribution < 1.29 is 4.79 Å². The van der Waals surface area contributed by atoms with E-state index >= 15 is 0 Å². The summed E-state index contributed by atoms with van der Waals surface area (Å²) in [6.45, 7) is 3.20. The van der Waals surface area contributed by atoms with Crippen LogP contribution in [0.1, 0.15) is 32.0 Å². The van der Waals surface area contributed by atoms with Crippen LogP contribution in [0.3, 0.4) is 0 Å². The van der Waals surface area contributed by atoms with E-state index in [1.165, 1.54) is 6.33 Å². The van der Waals surface area contributed by atoms with Gasteiger partial charge in [-0.3, -0.25) is 4.79 Å². The first kappa shape index (κ1) is 11.3. The van der Waals surface area contributed by atoms with Gasteiger partial charge in [0.2, 0.25) is 0 Å². The van der Waals surface area contributed by atoms with E-state index in [-0.39, 0.29) is 11.2 Å². The molecule has 2 N–H and O–H groups in total. The van der Waals surface area contributed by atoms with Crippen LogP contribution >= 0.6 is 0 Å². The van der Waals surface area contributed by atoms with Gasteiger partial charge in [0.1, 0.15) is 17.9 Å². The fourth-order valence-electron chi connectivity index (χ4n) is 2.22. The van der Waals surface area contributed by atoms with Gasteiger partial charge in [0, 0.05) is 18.5 Å². The first-order chi connectivity index (χ1) is 7.72. The minimum atomic E-state index is -0.259. The molecule has 0 saturated heterocycles. The monoisotopic (exact) mass is 222 g/mol. The largest absolute Gasteiger partial charge is 0.329 e. The smallest absolute Gasteiger partial charge is 0.147 e. The van der Waals surface area contributed by atoms with Crippen LogP contribution in [0.15, 0.2) is 6.33 Å². The molecule has 1 heterocycles. The van der Waals surface area contributed by atoms with Crippen LogP contribution in [-0.2, 0) is 17.8 Å². The molecule has 16 heavy (non-hydrogen) atoms. The number of hydrogen-bond acceptors (Lipinski definition) is 4. The number of rotatable bonds is 5. The van der Waals surface area contributed by atoms with E-state index in [2.05, 4.69) is 10.1 Å². The average molecular weight is 222 g/mol. The van der Waals surface area contributed by atoms with E-state index in [1.807, 2.05) is 6.92 Å². The van der Waals surface area contributed by atoms with E-state index in [4.69, 9.17) is 5.73 Å². The van der Waals surface area contributed by atoms with Gasteiger partial charge in [-0.15, -0.1) is 0 Å². The lowest BCUT2D eigenvalue weighted by atomic mass is 9.65. The summed E-state index contributed by atoms with van der Waals surface area (Å²) in [6, 6.07) is 0. The highest BCUT2D eigenvalue weighted by Gasteiger charge is 2.42. The van der Waals surface area contributed by atoms with Crippen LogP contribution in [0, 0.1) is 5.41 Å². The summed E-state index contributed by atoms with van der Waals surface area (Å²) in [7, 11) is 0. The van der Waals surface area contributed by atoms with Crippen LogP contribution in [0.2, 0.25) is 0 Å². The van der Waals surface area contributed by atoms with Crippen molar-refractivity contribution >= 4 is 5.78 Å². The Morgan fingerprint density at radius 1 is 1.62 bits per heavy atom. The molecule has 0 aliphatic heterocycles. The van der Waals surface area contributed by atoms with Gasteiger partial charge >= 0.3 is 0 Å². The second-order valence-corrected chi connectivity index (χ2v) is 4.43. The van der Waals surface area contributed by atoms with Crippen molar-refractivity contribution in [2.45, 2.75) is 39.2 Å². The third kappa shape index (κ3) is 1.75. The van der Waals surface area contributed by atoms with Crippen molar-refractivity contribution in [2.75, 3.05) is 6.54 Å². The molecule has 0 unspecified atom stereocenters. The lowest BCUT2D eigenvalue weighted by molar-refractivity contribution is -0.132. The summed E-state index contributed by atoms with van der Waals surface area (Å²) in [6.07, 6.45) is 4.85. The highest BCUT2D eigenvalue weighted by molar-refractivity contribution is 5.87. The maximum atomic E-state index is 12.2. The molecule has 2 rings (SSSR count). The number of hydrogen-bond donors (Lipinski definition) is 1. The van der Waals surface area contributed by atoms with Gasteiger partial charge < -0.3 is 5.73 Å². The predicted molar refractivity (Wildman–Crippen MR) is 59.7 cm³/mol. The molecule has 88 valence electrons. The van der Waals surface area contributed by atoms with Gasteiger partial charge in [0.15, 0.2) is 0 Å². The zero-order chi connectivity index (χ0) is 11.6. The zero-order valence-electron chi connectivity index (χ0n) is 9.65. The van der Waals surface area contributed by atoms with Gasteiger partial charge in [-0.1, -0.05) is 6.42 Å². The Hall–Kier alpha value is -1.23. The standard InChI is InChI=1S/C11H18N4O/c1-2-15-10(13-8-14-15)6-9(16)11(7-12)4-3-5-11/h8H,2-7,12H2,1H3. The number of ketones is 1. The van der Waals surface area contributed by atoms with E-state index in [9.17, 15) is 4.79 Å². The summed E-state index contributed by atoms with van der Waals surface area (Å²) >= 11 is 0. The molecular formula is C11H18N4O. The number of carbonyl (C=O) groups excluding carboxylic acids is 1. The Morgan fingerprint density at radius 3 is 2.88 bits per heavy atom. The SMILES string of the molecule is CCn1ncnc1CC(=O)C1(CN)CCC1. The number of Topliss-reactive ketones (excluding diaryl/α,β-unsaturated/α-hetero) is 1. The lowest BCUT2D eigenvalue weighted by Crippen LogP contribution is -2.45. The third-order valence-corrected chi connectivity index (χ3v) is 3.61. The topological polar surface area (TPSA) is 73.8 Å². The number of carbonyl (C=O) groups is 1. The molecule has 1 saturated carbocycles. The third-order valence-electron chi connectivity index (χ3n) is 3.61. The van der Waals surface area contributed by atoms with Gasteiger partial charge in [-0.05, 0) is 19.8 Å². The molecule has 0 spiro atoms. The highest BCUT2D eigenvalue weighted by atomic mass is 16.1.